The highest BCUT2D eigenvalue weighted by atomic mass is 32.1. The van der Waals surface area contributed by atoms with Gasteiger partial charge in [0.25, 0.3) is 0 Å². The van der Waals surface area contributed by atoms with E-state index in [9.17, 15) is 9.18 Å². The van der Waals surface area contributed by atoms with Crippen LogP contribution >= 0.6 is 11.3 Å². The van der Waals surface area contributed by atoms with E-state index in [-0.39, 0.29) is 11.1 Å². The molecule has 0 bridgehead atoms. The monoisotopic (exact) mass is 375 g/mol. The molecule has 1 N–H and O–H groups in total. The van der Waals surface area contributed by atoms with Crippen molar-refractivity contribution >= 4 is 17.3 Å². The highest BCUT2D eigenvalue weighted by Crippen LogP contribution is 2.32. The molecular formula is C22H14FNO2S. The molecule has 5 heteroatoms. The van der Waals surface area contributed by atoms with Gasteiger partial charge in [-0.05, 0) is 29.8 Å². The van der Waals surface area contributed by atoms with Crippen molar-refractivity contribution in [3.63, 3.8) is 0 Å². The molecule has 132 valence electrons. The highest BCUT2D eigenvalue weighted by Gasteiger charge is 2.12. The van der Waals surface area contributed by atoms with Gasteiger partial charge in [0.1, 0.15) is 10.8 Å². The van der Waals surface area contributed by atoms with Crippen LogP contribution < -0.4 is 0 Å². The minimum atomic E-state index is -1.08. The fraction of sp³-hybridized carbons (Fsp3) is 0. The lowest BCUT2D eigenvalue weighted by Gasteiger charge is -2.07. The van der Waals surface area contributed by atoms with Crippen LogP contribution in [-0.2, 0) is 0 Å². The van der Waals surface area contributed by atoms with E-state index in [0.717, 1.165) is 21.8 Å². The molecule has 0 radical (unpaired) electrons. The number of carbonyl (C=O) groups is 1. The summed E-state index contributed by atoms with van der Waals surface area (Å²) in [5, 5.41) is 12.0. The van der Waals surface area contributed by atoms with Gasteiger partial charge >= 0.3 is 5.97 Å². The molecule has 0 aliphatic carbocycles. The molecule has 1 heterocycles. The smallest absolute Gasteiger partial charge is 0.335 e. The zero-order valence-electron chi connectivity index (χ0n) is 14.1. The van der Waals surface area contributed by atoms with Crippen molar-refractivity contribution in [3.05, 3.63) is 89.6 Å². The summed E-state index contributed by atoms with van der Waals surface area (Å²) < 4.78 is 14.3. The van der Waals surface area contributed by atoms with E-state index in [1.165, 1.54) is 18.2 Å². The van der Waals surface area contributed by atoms with Gasteiger partial charge in [-0.15, -0.1) is 11.3 Å². The van der Waals surface area contributed by atoms with Crippen LogP contribution in [-0.4, -0.2) is 16.1 Å². The zero-order valence-corrected chi connectivity index (χ0v) is 14.9. The first-order valence-electron chi connectivity index (χ1n) is 8.26. The third-order valence-corrected chi connectivity index (χ3v) is 5.10. The largest absolute Gasteiger partial charge is 0.478 e. The van der Waals surface area contributed by atoms with Crippen molar-refractivity contribution < 1.29 is 14.3 Å². The summed E-state index contributed by atoms with van der Waals surface area (Å²) in [6.45, 7) is 0. The first kappa shape index (κ1) is 17.1. The molecule has 1 aromatic heterocycles. The van der Waals surface area contributed by atoms with Gasteiger partial charge < -0.3 is 5.11 Å². The summed E-state index contributed by atoms with van der Waals surface area (Å²) in [5.41, 5.74) is 3.63. The van der Waals surface area contributed by atoms with Crippen molar-refractivity contribution in [2.75, 3.05) is 0 Å². The molecule has 3 aromatic carbocycles. The Kier molecular flexibility index (Phi) is 4.52. The molecule has 0 amide bonds. The van der Waals surface area contributed by atoms with Crippen molar-refractivity contribution in [2.45, 2.75) is 0 Å². The van der Waals surface area contributed by atoms with Crippen LogP contribution in [0.2, 0.25) is 0 Å². The fourth-order valence-electron chi connectivity index (χ4n) is 2.85. The van der Waals surface area contributed by atoms with Gasteiger partial charge in [0, 0.05) is 22.1 Å². The molecule has 0 atom stereocenters. The van der Waals surface area contributed by atoms with Crippen LogP contribution in [0.5, 0.6) is 0 Å². The van der Waals surface area contributed by atoms with Crippen LogP contribution in [0.4, 0.5) is 4.39 Å². The molecule has 4 rings (SSSR count). The van der Waals surface area contributed by atoms with E-state index >= 15 is 0 Å². The first-order chi connectivity index (χ1) is 13.1. The molecule has 0 fully saturated rings. The van der Waals surface area contributed by atoms with E-state index in [1.54, 1.807) is 17.4 Å². The van der Waals surface area contributed by atoms with Gasteiger partial charge in [0.05, 0.1) is 11.3 Å². The Morgan fingerprint density at radius 1 is 0.889 bits per heavy atom. The SMILES string of the molecule is O=C(O)c1ccc(F)c(-c2cccc(-c3csc(-c4ccccc4)n3)c2)c1. The number of aromatic nitrogens is 1. The second-order valence-electron chi connectivity index (χ2n) is 5.98. The van der Waals surface area contributed by atoms with Crippen LogP contribution in [0.1, 0.15) is 10.4 Å². The summed E-state index contributed by atoms with van der Waals surface area (Å²) in [6, 6.07) is 21.0. The van der Waals surface area contributed by atoms with Crippen LogP contribution in [0.3, 0.4) is 0 Å². The number of hydrogen-bond acceptors (Lipinski definition) is 3. The highest BCUT2D eigenvalue weighted by molar-refractivity contribution is 7.13. The van der Waals surface area contributed by atoms with Crippen LogP contribution in [0.25, 0.3) is 33.0 Å². The average Bonchev–Trinajstić information content (AvgIpc) is 3.19. The standard InChI is InChI=1S/C22H14FNO2S/c23-19-10-9-17(22(25)26)12-18(19)15-7-4-8-16(11-15)20-13-27-21(24-20)14-5-2-1-3-6-14/h1-13H,(H,25,26). The molecule has 0 saturated heterocycles. The van der Waals surface area contributed by atoms with Gasteiger partial charge in [-0.2, -0.15) is 0 Å². The maximum atomic E-state index is 14.3. The van der Waals surface area contributed by atoms with E-state index in [2.05, 4.69) is 4.98 Å². The van der Waals surface area contributed by atoms with Crippen molar-refractivity contribution in [1.82, 2.24) is 4.98 Å². The Morgan fingerprint density at radius 3 is 2.41 bits per heavy atom. The maximum absolute atomic E-state index is 14.3. The summed E-state index contributed by atoms with van der Waals surface area (Å²) >= 11 is 1.55. The molecule has 0 unspecified atom stereocenters. The zero-order chi connectivity index (χ0) is 18.8. The predicted octanol–water partition coefficient (Wildman–Crippen LogP) is 5.98. The van der Waals surface area contributed by atoms with Crippen molar-refractivity contribution in [2.24, 2.45) is 0 Å². The molecular weight excluding hydrogens is 361 g/mol. The second kappa shape index (κ2) is 7.13. The Hall–Kier alpha value is -3.31. The number of thiazole rings is 1. The van der Waals surface area contributed by atoms with E-state index in [0.29, 0.717) is 5.56 Å². The lowest BCUT2D eigenvalue weighted by atomic mass is 9.99. The van der Waals surface area contributed by atoms with Crippen LogP contribution in [0, 0.1) is 5.82 Å². The Balaban J connectivity index is 1.73. The number of carboxylic acid groups (broad SMARTS) is 1. The molecule has 3 nitrogen and oxygen atoms in total. The van der Waals surface area contributed by atoms with Crippen LogP contribution in [0.15, 0.2) is 78.2 Å². The third kappa shape index (κ3) is 3.50. The lowest BCUT2D eigenvalue weighted by molar-refractivity contribution is 0.0697. The number of nitrogens with zero attached hydrogens (tertiary/aromatic N) is 1. The number of benzene rings is 3. The van der Waals surface area contributed by atoms with E-state index < -0.39 is 11.8 Å². The van der Waals surface area contributed by atoms with Gasteiger partial charge in [-0.25, -0.2) is 14.2 Å². The topological polar surface area (TPSA) is 50.2 Å². The molecule has 0 aliphatic rings. The molecule has 0 saturated carbocycles. The van der Waals surface area contributed by atoms with Gasteiger partial charge in [0.15, 0.2) is 0 Å². The summed E-state index contributed by atoms with van der Waals surface area (Å²) in [4.78, 5) is 15.9. The second-order valence-corrected chi connectivity index (χ2v) is 6.84. The number of rotatable bonds is 4. The summed E-state index contributed by atoms with van der Waals surface area (Å²) in [5.74, 6) is -1.54. The number of carboxylic acids is 1. The summed E-state index contributed by atoms with van der Waals surface area (Å²) in [7, 11) is 0. The lowest BCUT2D eigenvalue weighted by Crippen LogP contribution is -1.97. The van der Waals surface area contributed by atoms with Gasteiger partial charge in [-0.1, -0.05) is 48.5 Å². The quantitative estimate of drug-likeness (QED) is 0.477. The molecule has 4 aromatic rings. The third-order valence-electron chi connectivity index (χ3n) is 4.21. The maximum Gasteiger partial charge on any atom is 0.335 e. The number of aromatic carboxylic acids is 1. The Bertz CT molecular complexity index is 1120. The fourth-order valence-corrected chi connectivity index (χ4v) is 3.68. The van der Waals surface area contributed by atoms with Gasteiger partial charge in [0.2, 0.25) is 0 Å². The van der Waals surface area contributed by atoms with Gasteiger partial charge in [-0.3, -0.25) is 0 Å². The number of hydrogen-bond donors (Lipinski definition) is 1. The minimum absolute atomic E-state index is 0.0526. The Labute approximate surface area is 159 Å². The molecule has 0 spiro atoms. The summed E-state index contributed by atoms with van der Waals surface area (Å²) in [6.07, 6.45) is 0. The minimum Gasteiger partial charge on any atom is -0.478 e. The molecule has 0 aliphatic heterocycles. The van der Waals surface area contributed by atoms with Crippen molar-refractivity contribution in [3.8, 4) is 33.0 Å². The molecule has 27 heavy (non-hydrogen) atoms. The van der Waals surface area contributed by atoms with E-state index in [1.807, 2.05) is 53.9 Å². The Morgan fingerprint density at radius 2 is 1.63 bits per heavy atom. The average molecular weight is 375 g/mol. The predicted molar refractivity (Wildman–Crippen MR) is 105 cm³/mol. The first-order valence-corrected chi connectivity index (χ1v) is 9.14. The van der Waals surface area contributed by atoms with Crippen molar-refractivity contribution in [1.29, 1.82) is 0 Å². The number of halogens is 1. The van der Waals surface area contributed by atoms with E-state index in [4.69, 9.17) is 5.11 Å². The normalized spacial score (nSPS) is 10.7.